The first-order valence-electron chi connectivity index (χ1n) is 6.42. The normalized spacial score (nSPS) is 15.7. The van der Waals surface area contributed by atoms with Crippen molar-refractivity contribution in [3.8, 4) is 0 Å². The molecule has 0 radical (unpaired) electrons. The molecule has 2 rings (SSSR count). The van der Waals surface area contributed by atoms with Crippen LogP contribution in [0.4, 0.5) is 4.79 Å². The fourth-order valence-electron chi connectivity index (χ4n) is 1.92. The van der Waals surface area contributed by atoms with Gasteiger partial charge in [0.25, 0.3) is 0 Å². The predicted molar refractivity (Wildman–Crippen MR) is 71.1 cm³/mol. The van der Waals surface area contributed by atoms with Gasteiger partial charge < -0.3 is 9.64 Å². The topological polar surface area (TPSA) is 29.5 Å². The highest BCUT2D eigenvalue weighted by molar-refractivity contribution is 5.68. The van der Waals surface area contributed by atoms with Crippen molar-refractivity contribution in [1.82, 2.24) is 4.90 Å². The van der Waals surface area contributed by atoms with E-state index in [1.54, 1.807) is 4.90 Å². The first kappa shape index (κ1) is 12.7. The lowest BCUT2D eigenvalue weighted by Gasteiger charge is -2.36. The Morgan fingerprint density at radius 1 is 1.39 bits per heavy atom. The molecule has 1 aliphatic rings. The van der Waals surface area contributed by atoms with Crippen LogP contribution in [0.3, 0.4) is 0 Å². The van der Waals surface area contributed by atoms with Gasteiger partial charge in [0.15, 0.2) is 0 Å². The SMILES string of the molecule is CCC=CC1CN(C(=O)OCc2ccccc2)C1. The number of ether oxygens (including phenoxy) is 1. The van der Waals surface area contributed by atoms with E-state index in [2.05, 4.69) is 19.1 Å². The standard InChI is InChI=1S/C15H19NO2/c1-2-3-7-14-10-16(11-14)15(17)18-12-13-8-5-4-6-9-13/h3-9,14H,2,10-12H2,1H3. The Morgan fingerprint density at radius 2 is 2.11 bits per heavy atom. The van der Waals surface area contributed by atoms with Crippen LogP contribution in [0.15, 0.2) is 42.5 Å². The molecule has 0 atom stereocenters. The summed E-state index contributed by atoms with van der Waals surface area (Å²) in [5.41, 5.74) is 1.02. The van der Waals surface area contributed by atoms with Gasteiger partial charge in [0.05, 0.1) is 0 Å². The lowest BCUT2D eigenvalue weighted by molar-refractivity contribution is 0.0605. The van der Waals surface area contributed by atoms with Crippen molar-refractivity contribution in [2.45, 2.75) is 20.0 Å². The molecule has 0 bridgehead atoms. The van der Waals surface area contributed by atoms with E-state index in [0.29, 0.717) is 12.5 Å². The number of rotatable bonds is 4. The summed E-state index contributed by atoms with van der Waals surface area (Å²) >= 11 is 0. The minimum atomic E-state index is -0.208. The summed E-state index contributed by atoms with van der Waals surface area (Å²) < 4.78 is 5.25. The van der Waals surface area contributed by atoms with E-state index in [0.717, 1.165) is 25.1 Å². The smallest absolute Gasteiger partial charge is 0.410 e. The fourth-order valence-corrected chi connectivity index (χ4v) is 1.92. The maximum atomic E-state index is 11.7. The molecule has 0 N–H and O–H groups in total. The maximum absolute atomic E-state index is 11.7. The Morgan fingerprint density at radius 3 is 2.78 bits per heavy atom. The number of nitrogens with zero attached hydrogens (tertiary/aromatic N) is 1. The summed E-state index contributed by atoms with van der Waals surface area (Å²) in [6, 6.07) is 9.74. The first-order valence-corrected chi connectivity index (χ1v) is 6.42. The second kappa shape index (κ2) is 6.24. The predicted octanol–water partition coefficient (Wildman–Crippen LogP) is 3.22. The minimum absolute atomic E-state index is 0.208. The van der Waals surface area contributed by atoms with Crippen LogP contribution in [-0.2, 0) is 11.3 Å². The Bertz CT molecular complexity index is 408. The van der Waals surface area contributed by atoms with E-state index in [4.69, 9.17) is 4.74 Å². The molecule has 1 amide bonds. The highest BCUT2D eigenvalue weighted by Gasteiger charge is 2.29. The van der Waals surface area contributed by atoms with Gasteiger partial charge in [0.1, 0.15) is 6.61 Å². The van der Waals surface area contributed by atoms with Crippen LogP contribution in [0.5, 0.6) is 0 Å². The van der Waals surface area contributed by atoms with Crippen LogP contribution in [0.25, 0.3) is 0 Å². The summed E-state index contributed by atoms with van der Waals surface area (Å²) in [6.07, 6.45) is 5.17. The summed E-state index contributed by atoms with van der Waals surface area (Å²) in [5, 5.41) is 0. The largest absolute Gasteiger partial charge is 0.445 e. The van der Waals surface area contributed by atoms with Crippen LogP contribution in [0.1, 0.15) is 18.9 Å². The van der Waals surface area contributed by atoms with E-state index in [9.17, 15) is 4.79 Å². The summed E-state index contributed by atoms with van der Waals surface area (Å²) in [5.74, 6) is 0.509. The van der Waals surface area contributed by atoms with Crippen molar-refractivity contribution in [1.29, 1.82) is 0 Å². The first-order chi connectivity index (χ1) is 8.79. The molecule has 0 unspecified atom stereocenters. The van der Waals surface area contributed by atoms with Gasteiger partial charge >= 0.3 is 6.09 Å². The molecule has 0 saturated carbocycles. The van der Waals surface area contributed by atoms with Crippen molar-refractivity contribution in [3.05, 3.63) is 48.0 Å². The number of likely N-dealkylation sites (tertiary alicyclic amines) is 1. The lowest BCUT2D eigenvalue weighted by Crippen LogP contribution is -2.49. The molecule has 0 aliphatic carbocycles. The zero-order valence-corrected chi connectivity index (χ0v) is 10.7. The van der Waals surface area contributed by atoms with Crippen LogP contribution in [-0.4, -0.2) is 24.1 Å². The van der Waals surface area contributed by atoms with E-state index >= 15 is 0 Å². The number of allylic oxidation sites excluding steroid dienone is 1. The molecular weight excluding hydrogens is 226 g/mol. The van der Waals surface area contributed by atoms with Gasteiger partial charge in [-0.3, -0.25) is 0 Å². The average Bonchev–Trinajstić information content (AvgIpc) is 2.36. The monoisotopic (exact) mass is 245 g/mol. The van der Waals surface area contributed by atoms with Gasteiger partial charge in [-0.25, -0.2) is 4.79 Å². The van der Waals surface area contributed by atoms with Gasteiger partial charge in [-0.05, 0) is 12.0 Å². The average molecular weight is 245 g/mol. The number of carbonyl (C=O) groups excluding carboxylic acids is 1. The number of hydrogen-bond donors (Lipinski definition) is 0. The molecule has 96 valence electrons. The van der Waals surface area contributed by atoms with Gasteiger partial charge in [-0.15, -0.1) is 0 Å². The number of carbonyl (C=O) groups is 1. The number of amides is 1. The molecule has 1 aromatic rings. The van der Waals surface area contributed by atoms with Crippen LogP contribution in [0, 0.1) is 5.92 Å². The molecule has 1 saturated heterocycles. The molecule has 3 nitrogen and oxygen atoms in total. The van der Waals surface area contributed by atoms with Crippen LogP contribution >= 0.6 is 0 Å². The van der Waals surface area contributed by atoms with Gasteiger partial charge in [0, 0.05) is 19.0 Å². The van der Waals surface area contributed by atoms with Gasteiger partial charge in [0.2, 0.25) is 0 Å². The fraction of sp³-hybridized carbons (Fsp3) is 0.400. The Balaban J connectivity index is 1.70. The van der Waals surface area contributed by atoms with Gasteiger partial charge in [-0.2, -0.15) is 0 Å². The molecule has 18 heavy (non-hydrogen) atoms. The van der Waals surface area contributed by atoms with Crippen molar-refractivity contribution in [2.24, 2.45) is 5.92 Å². The van der Waals surface area contributed by atoms with Crippen molar-refractivity contribution < 1.29 is 9.53 Å². The third-order valence-electron chi connectivity index (χ3n) is 3.02. The Kier molecular flexibility index (Phi) is 4.40. The third kappa shape index (κ3) is 3.36. The van der Waals surface area contributed by atoms with Crippen molar-refractivity contribution in [3.63, 3.8) is 0 Å². The maximum Gasteiger partial charge on any atom is 0.410 e. The van der Waals surface area contributed by atoms with Crippen molar-refractivity contribution in [2.75, 3.05) is 13.1 Å². The highest BCUT2D eigenvalue weighted by Crippen LogP contribution is 2.18. The summed E-state index contributed by atoms with van der Waals surface area (Å²) in [6.45, 7) is 4.03. The zero-order valence-electron chi connectivity index (χ0n) is 10.7. The third-order valence-corrected chi connectivity index (χ3v) is 3.02. The molecular formula is C15H19NO2. The van der Waals surface area contributed by atoms with Crippen LogP contribution in [0.2, 0.25) is 0 Å². The molecule has 1 fully saturated rings. The highest BCUT2D eigenvalue weighted by atomic mass is 16.6. The zero-order chi connectivity index (χ0) is 12.8. The lowest BCUT2D eigenvalue weighted by atomic mass is 10.0. The van der Waals surface area contributed by atoms with E-state index in [-0.39, 0.29) is 6.09 Å². The molecule has 1 aliphatic heterocycles. The van der Waals surface area contributed by atoms with E-state index in [1.165, 1.54) is 0 Å². The van der Waals surface area contributed by atoms with Crippen LogP contribution < -0.4 is 0 Å². The quantitative estimate of drug-likeness (QED) is 0.762. The molecule has 3 heteroatoms. The van der Waals surface area contributed by atoms with Crippen molar-refractivity contribution >= 4 is 6.09 Å². The molecule has 0 aromatic heterocycles. The van der Waals surface area contributed by atoms with E-state index in [1.807, 2.05) is 30.3 Å². The Hall–Kier alpha value is -1.77. The van der Waals surface area contributed by atoms with Gasteiger partial charge in [-0.1, -0.05) is 49.4 Å². The Labute approximate surface area is 108 Å². The van der Waals surface area contributed by atoms with E-state index < -0.39 is 0 Å². The molecule has 0 spiro atoms. The second-order valence-corrected chi connectivity index (χ2v) is 4.54. The molecule has 1 heterocycles. The number of benzene rings is 1. The second-order valence-electron chi connectivity index (χ2n) is 4.54. The summed E-state index contributed by atoms with van der Waals surface area (Å²) in [7, 11) is 0. The minimum Gasteiger partial charge on any atom is -0.445 e. The molecule has 1 aromatic carbocycles. The number of hydrogen-bond acceptors (Lipinski definition) is 2. The summed E-state index contributed by atoms with van der Waals surface area (Å²) in [4.78, 5) is 13.4.